The number of hydrogen-bond donors (Lipinski definition) is 4. The fraction of sp³-hybridized carbons (Fsp3) is 0.833. The van der Waals surface area contributed by atoms with Crippen LogP contribution in [0, 0.1) is 0 Å². The van der Waals surface area contributed by atoms with Crippen LogP contribution in [0.2, 0.25) is 0 Å². The van der Waals surface area contributed by atoms with Crippen LogP contribution in [0.25, 0.3) is 0 Å². The minimum atomic E-state index is -1.16. The standard InChI is InChI=1S/C12H22N2O5/c15-7-5-10(11(16)17)14-12(18)13-6-8-19-9-3-1-2-4-9/h9-10,15H,1-8H2,(H,16,17)(H2,13,14,18). The Labute approximate surface area is 112 Å². The van der Waals surface area contributed by atoms with Crippen molar-refractivity contribution in [1.82, 2.24) is 10.6 Å². The molecule has 7 nitrogen and oxygen atoms in total. The second kappa shape index (κ2) is 8.71. The fourth-order valence-corrected chi connectivity index (χ4v) is 2.04. The molecule has 0 radical (unpaired) electrons. The van der Waals surface area contributed by atoms with Crippen molar-refractivity contribution in [3.8, 4) is 0 Å². The van der Waals surface area contributed by atoms with Crippen LogP contribution >= 0.6 is 0 Å². The lowest BCUT2D eigenvalue weighted by molar-refractivity contribution is -0.139. The van der Waals surface area contributed by atoms with Gasteiger partial charge in [-0.25, -0.2) is 9.59 Å². The normalized spacial score (nSPS) is 17.1. The number of aliphatic carboxylic acids is 1. The van der Waals surface area contributed by atoms with Crippen LogP contribution in [-0.2, 0) is 9.53 Å². The van der Waals surface area contributed by atoms with E-state index in [9.17, 15) is 9.59 Å². The summed E-state index contributed by atoms with van der Waals surface area (Å²) in [5.74, 6) is -1.16. The van der Waals surface area contributed by atoms with Gasteiger partial charge in [0.15, 0.2) is 0 Å². The molecule has 110 valence electrons. The third-order valence-corrected chi connectivity index (χ3v) is 3.06. The molecule has 1 saturated carbocycles. The van der Waals surface area contributed by atoms with E-state index in [4.69, 9.17) is 14.9 Å². The van der Waals surface area contributed by atoms with Crippen LogP contribution in [0.15, 0.2) is 0 Å². The van der Waals surface area contributed by atoms with E-state index < -0.39 is 18.0 Å². The molecule has 0 saturated heterocycles. The van der Waals surface area contributed by atoms with Crippen LogP contribution in [0.5, 0.6) is 0 Å². The Kier molecular flexibility index (Phi) is 7.20. The molecule has 1 unspecified atom stereocenters. The molecule has 0 spiro atoms. The number of carboxylic acid groups (broad SMARTS) is 1. The Bertz CT molecular complexity index is 292. The molecule has 1 fully saturated rings. The monoisotopic (exact) mass is 274 g/mol. The van der Waals surface area contributed by atoms with E-state index in [0.717, 1.165) is 12.8 Å². The number of hydrogen-bond acceptors (Lipinski definition) is 4. The zero-order valence-electron chi connectivity index (χ0n) is 10.9. The molecule has 0 aromatic heterocycles. The smallest absolute Gasteiger partial charge is 0.326 e. The third kappa shape index (κ3) is 6.40. The van der Waals surface area contributed by atoms with Gasteiger partial charge < -0.3 is 25.6 Å². The van der Waals surface area contributed by atoms with E-state index in [2.05, 4.69) is 10.6 Å². The van der Waals surface area contributed by atoms with Gasteiger partial charge in [0, 0.05) is 19.6 Å². The first kappa shape index (κ1) is 15.7. The van der Waals surface area contributed by atoms with Gasteiger partial charge in [0.25, 0.3) is 0 Å². The zero-order chi connectivity index (χ0) is 14.1. The summed E-state index contributed by atoms with van der Waals surface area (Å²) < 4.78 is 5.55. The quantitative estimate of drug-likeness (QED) is 0.469. The van der Waals surface area contributed by atoms with E-state index in [1.165, 1.54) is 12.8 Å². The maximum Gasteiger partial charge on any atom is 0.326 e. The number of ether oxygens (including phenoxy) is 1. The molecule has 4 N–H and O–H groups in total. The highest BCUT2D eigenvalue weighted by molar-refractivity contribution is 5.82. The summed E-state index contributed by atoms with van der Waals surface area (Å²) in [7, 11) is 0. The van der Waals surface area contributed by atoms with Crippen LogP contribution in [0.1, 0.15) is 32.1 Å². The lowest BCUT2D eigenvalue weighted by Gasteiger charge is -2.15. The Morgan fingerprint density at radius 2 is 2.00 bits per heavy atom. The SMILES string of the molecule is O=C(NCCOC1CCCC1)NC(CCO)C(=O)O. The van der Waals surface area contributed by atoms with Gasteiger partial charge in [-0.05, 0) is 12.8 Å². The molecule has 1 aliphatic rings. The van der Waals surface area contributed by atoms with Gasteiger partial charge in [0.05, 0.1) is 12.7 Å². The molecule has 1 rings (SSSR count). The second-order valence-electron chi connectivity index (χ2n) is 4.58. The van der Waals surface area contributed by atoms with Gasteiger partial charge >= 0.3 is 12.0 Å². The molecule has 1 aliphatic carbocycles. The topological polar surface area (TPSA) is 108 Å². The van der Waals surface area contributed by atoms with E-state index in [0.29, 0.717) is 19.3 Å². The molecule has 2 amide bonds. The maximum atomic E-state index is 11.4. The van der Waals surface area contributed by atoms with Crippen molar-refractivity contribution in [3.05, 3.63) is 0 Å². The molecule has 0 aromatic carbocycles. The van der Waals surface area contributed by atoms with Crippen LogP contribution in [-0.4, -0.2) is 54.1 Å². The molecule has 1 atom stereocenters. The second-order valence-corrected chi connectivity index (χ2v) is 4.58. The summed E-state index contributed by atoms with van der Waals surface area (Å²) in [6.07, 6.45) is 4.82. The van der Waals surface area contributed by atoms with Crippen molar-refractivity contribution in [1.29, 1.82) is 0 Å². The highest BCUT2D eigenvalue weighted by atomic mass is 16.5. The largest absolute Gasteiger partial charge is 0.480 e. The fourth-order valence-electron chi connectivity index (χ4n) is 2.04. The average Bonchev–Trinajstić information content (AvgIpc) is 2.87. The highest BCUT2D eigenvalue weighted by Gasteiger charge is 2.19. The Balaban J connectivity index is 2.10. The first-order chi connectivity index (χ1) is 9.13. The van der Waals surface area contributed by atoms with E-state index in [1.54, 1.807) is 0 Å². The number of carbonyl (C=O) groups is 2. The van der Waals surface area contributed by atoms with Crippen molar-refractivity contribution < 1.29 is 24.5 Å². The highest BCUT2D eigenvalue weighted by Crippen LogP contribution is 2.20. The number of nitrogens with one attached hydrogen (secondary N) is 2. The van der Waals surface area contributed by atoms with Crippen LogP contribution < -0.4 is 10.6 Å². The Hall–Kier alpha value is -1.34. The lowest BCUT2D eigenvalue weighted by atomic mass is 10.2. The van der Waals surface area contributed by atoms with Crippen LogP contribution in [0.4, 0.5) is 4.79 Å². The molecule has 7 heteroatoms. The molecule has 19 heavy (non-hydrogen) atoms. The van der Waals surface area contributed by atoms with E-state index >= 15 is 0 Å². The summed E-state index contributed by atoms with van der Waals surface area (Å²) >= 11 is 0. The first-order valence-corrected chi connectivity index (χ1v) is 6.63. The van der Waals surface area contributed by atoms with Crippen molar-refractivity contribution in [3.63, 3.8) is 0 Å². The minimum Gasteiger partial charge on any atom is -0.480 e. The molecule has 0 aliphatic heterocycles. The molecule has 0 heterocycles. The number of carboxylic acids is 1. The van der Waals surface area contributed by atoms with Crippen molar-refractivity contribution in [2.75, 3.05) is 19.8 Å². The van der Waals surface area contributed by atoms with Gasteiger partial charge in [-0.2, -0.15) is 0 Å². The van der Waals surface area contributed by atoms with Gasteiger partial charge in [0.1, 0.15) is 6.04 Å². The van der Waals surface area contributed by atoms with Crippen molar-refractivity contribution in [2.24, 2.45) is 0 Å². The zero-order valence-corrected chi connectivity index (χ0v) is 10.9. The van der Waals surface area contributed by atoms with Crippen molar-refractivity contribution in [2.45, 2.75) is 44.2 Å². The maximum absolute atomic E-state index is 11.4. The van der Waals surface area contributed by atoms with Crippen molar-refractivity contribution >= 4 is 12.0 Å². The minimum absolute atomic E-state index is 0.0126. The summed E-state index contributed by atoms with van der Waals surface area (Å²) in [5.41, 5.74) is 0. The number of aliphatic hydroxyl groups is 1. The average molecular weight is 274 g/mol. The van der Waals surface area contributed by atoms with Gasteiger partial charge in [-0.15, -0.1) is 0 Å². The summed E-state index contributed by atoms with van der Waals surface area (Å²) in [4.78, 5) is 22.2. The molecular weight excluding hydrogens is 252 g/mol. The molecule has 0 aromatic rings. The predicted octanol–water partition coefficient (Wildman–Crippen LogP) is 0.0804. The third-order valence-electron chi connectivity index (χ3n) is 3.06. The first-order valence-electron chi connectivity index (χ1n) is 6.63. The predicted molar refractivity (Wildman–Crippen MR) is 67.9 cm³/mol. The van der Waals surface area contributed by atoms with E-state index in [-0.39, 0.29) is 13.0 Å². The van der Waals surface area contributed by atoms with Crippen LogP contribution in [0.3, 0.4) is 0 Å². The van der Waals surface area contributed by atoms with Gasteiger partial charge in [0.2, 0.25) is 0 Å². The summed E-state index contributed by atoms with van der Waals surface area (Å²) in [5, 5.41) is 22.3. The van der Waals surface area contributed by atoms with Gasteiger partial charge in [-0.3, -0.25) is 0 Å². The molecule has 0 bridgehead atoms. The number of aliphatic hydroxyl groups excluding tert-OH is 1. The summed E-state index contributed by atoms with van der Waals surface area (Å²) in [6, 6.07) is -1.63. The summed E-state index contributed by atoms with van der Waals surface area (Å²) in [6.45, 7) is 0.478. The lowest BCUT2D eigenvalue weighted by Crippen LogP contribution is -2.47. The van der Waals surface area contributed by atoms with Gasteiger partial charge in [-0.1, -0.05) is 12.8 Å². The Morgan fingerprint density at radius 3 is 2.58 bits per heavy atom. The number of rotatable bonds is 8. The number of urea groups is 1. The number of carbonyl (C=O) groups excluding carboxylic acids is 1. The Morgan fingerprint density at radius 1 is 1.32 bits per heavy atom. The molecular formula is C12H22N2O5. The van der Waals surface area contributed by atoms with E-state index in [1.807, 2.05) is 0 Å². The number of amides is 2.